The molecule has 1 heterocycles. The van der Waals surface area contributed by atoms with Crippen LogP contribution in [0.15, 0.2) is 48.5 Å². The zero-order chi connectivity index (χ0) is 21.3. The molecule has 0 atom stereocenters. The highest BCUT2D eigenvalue weighted by Gasteiger charge is 2.51. The highest BCUT2D eigenvalue weighted by Crippen LogP contribution is 2.36. The Morgan fingerprint density at radius 2 is 1.41 bits per heavy atom. The molecule has 0 aliphatic carbocycles. The van der Waals surface area contributed by atoms with Crippen LogP contribution < -0.4 is 10.2 Å². The maximum absolute atomic E-state index is 6.10. The third-order valence-electron chi connectivity index (χ3n) is 6.05. The van der Waals surface area contributed by atoms with Gasteiger partial charge in [0, 0.05) is 12.5 Å². The SMILES string of the molecule is COCC(C)(C)c1ccc(COc2ccc(B3OC(C)(C)C(C)(C)O3)cc2)cc1. The lowest BCUT2D eigenvalue weighted by Gasteiger charge is -2.32. The van der Waals surface area contributed by atoms with Crippen molar-refractivity contribution in [3.05, 3.63) is 59.7 Å². The lowest BCUT2D eigenvalue weighted by atomic mass is 9.79. The molecule has 0 spiro atoms. The van der Waals surface area contributed by atoms with E-state index in [1.54, 1.807) is 7.11 Å². The smallest absolute Gasteiger partial charge is 0.489 e. The van der Waals surface area contributed by atoms with Crippen LogP contribution >= 0.6 is 0 Å². The van der Waals surface area contributed by atoms with Crippen LogP contribution in [-0.2, 0) is 26.1 Å². The molecule has 29 heavy (non-hydrogen) atoms. The van der Waals surface area contributed by atoms with Gasteiger partial charge in [0.1, 0.15) is 12.4 Å². The van der Waals surface area contributed by atoms with E-state index in [1.165, 1.54) is 5.56 Å². The first-order valence-electron chi connectivity index (χ1n) is 10.2. The summed E-state index contributed by atoms with van der Waals surface area (Å²) in [7, 11) is 1.39. The molecular formula is C24H33BO4. The standard InChI is InChI=1S/C24H33BO4/c1-22(2,17-26-7)19-10-8-18(9-11-19)16-27-21-14-12-20(13-15-21)25-28-23(3,4)24(5,6)29-25/h8-15H,16-17H2,1-7H3. The summed E-state index contributed by atoms with van der Waals surface area (Å²) in [6.07, 6.45) is 0. The molecule has 0 bridgehead atoms. The van der Waals surface area contributed by atoms with Crippen molar-refractivity contribution in [2.75, 3.05) is 13.7 Å². The molecule has 0 N–H and O–H groups in total. The lowest BCUT2D eigenvalue weighted by Crippen LogP contribution is -2.41. The van der Waals surface area contributed by atoms with Gasteiger partial charge in [0.05, 0.1) is 17.8 Å². The maximum Gasteiger partial charge on any atom is 0.494 e. The molecule has 5 heteroatoms. The number of rotatable bonds is 7. The largest absolute Gasteiger partial charge is 0.494 e. The quantitative estimate of drug-likeness (QED) is 0.647. The fraction of sp³-hybridized carbons (Fsp3) is 0.500. The molecule has 2 aromatic carbocycles. The number of methoxy groups -OCH3 is 1. The first kappa shape index (κ1) is 21.9. The van der Waals surface area contributed by atoms with E-state index >= 15 is 0 Å². The molecule has 1 aliphatic heterocycles. The topological polar surface area (TPSA) is 36.9 Å². The average molecular weight is 396 g/mol. The Hall–Kier alpha value is -1.82. The highest BCUT2D eigenvalue weighted by atomic mass is 16.7. The Balaban J connectivity index is 1.58. The summed E-state index contributed by atoms with van der Waals surface area (Å²) in [5, 5.41) is 0. The summed E-state index contributed by atoms with van der Waals surface area (Å²) < 4.78 is 23.5. The second kappa shape index (κ2) is 8.13. The van der Waals surface area contributed by atoms with Crippen molar-refractivity contribution in [2.45, 2.75) is 64.8 Å². The predicted octanol–water partition coefficient (Wildman–Crippen LogP) is 4.49. The first-order valence-corrected chi connectivity index (χ1v) is 10.2. The number of benzene rings is 2. The minimum atomic E-state index is -0.350. The fourth-order valence-electron chi connectivity index (χ4n) is 3.36. The van der Waals surface area contributed by atoms with Crippen LogP contribution in [0.5, 0.6) is 5.75 Å². The van der Waals surface area contributed by atoms with Crippen molar-refractivity contribution in [2.24, 2.45) is 0 Å². The van der Waals surface area contributed by atoms with Crippen molar-refractivity contribution in [3.8, 4) is 5.75 Å². The Bertz CT molecular complexity index is 794. The number of hydrogen-bond donors (Lipinski definition) is 0. The zero-order valence-electron chi connectivity index (χ0n) is 18.7. The molecule has 3 rings (SSSR count). The van der Waals surface area contributed by atoms with E-state index in [-0.39, 0.29) is 23.7 Å². The van der Waals surface area contributed by atoms with Crippen LogP contribution in [0.2, 0.25) is 0 Å². The fourth-order valence-corrected chi connectivity index (χ4v) is 3.36. The van der Waals surface area contributed by atoms with Gasteiger partial charge in [0.25, 0.3) is 0 Å². The molecule has 0 saturated carbocycles. The van der Waals surface area contributed by atoms with Crippen LogP contribution in [-0.4, -0.2) is 32.0 Å². The van der Waals surface area contributed by atoms with Gasteiger partial charge in [-0.2, -0.15) is 0 Å². The molecule has 1 fully saturated rings. The molecule has 1 saturated heterocycles. The van der Waals surface area contributed by atoms with Gasteiger partial charge in [-0.05, 0) is 56.4 Å². The molecule has 0 amide bonds. The summed E-state index contributed by atoms with van der Waals surface area (Å²) in [5.41, 5.74) is 2.72. The van der Waals surface area contributed by atoms with E-state index in [9.17, 15) is 0 Å². The van der Waals surface area contributed by atoms with E-state index in [0.717, 1.165) is 16.8 Å². The molecule has 4 nitrogen and oxygen atoms in total. The molecular weight excluding hydrogens is 363 g/mol. The summed E-state index contributed by atoms with van der Waals surface area (Å²) >= 11 is 0. The van der Waals surface area contributed by atoms with E-state index in [2.05, 4.69) is 65.8 Å². The summed E-state index contributed by atoms with van der Waals surface area (Å²) in [6.45, 7) is 13.8. The second-order valence-corrected chi connectivity index (χ2v) is 9.46. The van der Waals surface area contributed by atoms with Crippen LogP contribution in [0.3, 0.4) is 0 Å². The Morgan fingerprint density at radius 3 is 1.93 bits per heavy atom. The Morgan fingerprint density at radius 1 is 0.862 bits per heavy atom. The van der Waals surface area contributed by atoms with E-state index in [4.69, 9.17) is 18.8 Å². The van der Waals surface area contributed by atoms with Crippen LogP contribution in [0.25, 0.3) is 0 Å². The minimum Gasteiger partial charge on any atom is -0.489 e. The van der Waals surface area contributed by atoms with Gasteiger partial charge in [-0.25, -0.2) is 0 Å². The van der Waals surface area contributed by atoms with E-state index in [1.807, 2.05) is 24.3 Å². The van der Waals surface area contributed by atoms with Gasteiger partial charge in [0.15, 0.2) is 0 Å². The van der Waals surface area contributed by atoms with E-state index in [0.29, 0.717) is 13.2 Å². The van der Waals surface area contributed by atoms with Gasteiger partial charge in [-0.15, -0.1) is 0 Å². The summed E-state index contributed by atoms with van der Waals surface area (Å²) in [4.78, 5) is 0. The molecule has 0 radical (unpaired) electrons. The summed E-state index contributed by atoms with van der Waals surface area (Å²) in [5.74, 6) is 0.828. The molecule has 1 aliphatic rings. The molecule has 156 valence electrons. The minimum absolute atomic E-state index is 0.00250. The third-order valence-corrected chi connectivity index (χ3v) is 6.05. The van der Waals surface area contributed by atoms with Gasteiger partial charge in [-0.1, -0.05) is 50.2 Å². The van der Waals surface area contributed by atoms with Gasteiger partial charge < -0.3 is 18.8 Å². The molecule has 2 aromatic rings. The van der Waals surface area contributed by atoms with Crippen molar-refractivity contribution in [1.29, 1.82) is 0 Å². The predicted molar refractivity (Wildman–Crippen MR) is 118 cm³/mol. The number of ether oxygens (including phenoxy) is 2. The van der Waals surface area contributed by atoms with Gasteiger partial charge in [-0.3, -0.25) is 0 Å². The monoisotopic (exact) mass is 396 g/mol. The second-order valence-electron chi connectivity index (χ2n) is 9.46. The first-order chi connectivity index (χ1) is 13.5. The van der Waals surface area contributed by atoms with Crippen molar-refractivity contribution >= 4 is 12.6 Å². The van der Waals surface area contributed by atoms with Crippen molar-refractivity contribution in [3.63, 3.8) is 0 Å². The van der Waals surface area contributed by atoms with Crippen molar-refractivity contribution < 1.29 is 18.8 Å². The normalized spacial score (nSPS) is 18.1. The van der Waals surface area contributed by atoms with Gasteiger partial charge >= 0.3 is 7.12 Å². The molecule has 0 unspecified atom stereocenters. The molecule has 0 aromatic heterocycles. The lowest BCUT2D eigenvalue weighted by molar-refractivity contribution is 0.00578. The van der Waals surface area contributed by atoms with Crippen LogP contribution in [0, 0.1) is 0 Å². The Kier molecular flexibility index (Phi) is 6.14. The van der Waals surface area contributed by atoms with Gasteiger partial charge in [0.2, 0.25) is 0 Å². The third kappa shape index (κ3) is 4.85. The maximum atomic E-state index is 6.10. The summed E-state index contributed by atoms with van der Waals surface area (Å²) in [6, 6.07) is 16.5. The Labute approximate surface area is 175 Å². The average Bonchev–Trinajstić information content (AvgIpc) is 2.88. The van der Waals surface area contributed by atoms with Crippen LogP contribution in [0.1, 0.15) is 52.7 Å². The zero-order valence-corrected chi connectivity index (χ0v) is 18.7. The highest BCUT2D eigenvalue weighted by molar-refractivity contribution is 6.62. The van der Waals surface area contributed by atoms with Crippen molar-refractivity contribution in [1.82, 2.24) is 0 Å². The number of hydrogen-bond acceptors (Lipinski definition) is 4. The van der Waals surface area contributed by atoms with E-state index < -0.39 is 0 Å². The van der Waals surface area contributed by atoms with Crippen LogP contribution in [0.4, 0.5) is 0 Å².